The van der Waals surface area contributed by atoms with Gasteiger partial charge in [0.2, 0.25) is 17.5 Å². The molecular weight excluding hydrogens is 225 g/mol. The summed E-state index contributed by atoms with van der Waals surface area (Å²) < 4.78 is 62.8. The SMILES string of the molecule is O=[N+]([O-])c1c(F)c(F)c(F)c(CF)c1F. The Labute approximate surface area is 79.3 Å². The highest BCUT2D eigenvalue weighted by Gasteiger charge is 2.32. The normalized spacial score (nSPS) is 10.5. The number of halogens is 5. The molecule has 0 atom stereocenters. The molecule has 1 rings (SSSR count). The average Bonchev–Trinajstić information content (AvgIpc) is 2.15. The maximum absolute atomic E-state index is 12.9. The van der Waals surface area contributed by atoms with Crippen LogP contribution in [0.2, 0.25) is 0 Å². The van der Waals surface area contributed by atoms with Crippen LogP contribution < -0.4 is 0 Å². The van der Waals surface area contributed by atoms with Gasteiger partial charge in [0.15, 0.2) is 5.82 Å². The summed E-state index contributed by atoms with van der Waals surface area (Å²) in [4.78, 5) is 8.50. The molecule has 1 aromatic rings. The molecule has 0 N–H and O–H groups in total. The smallest absolute Gasteiger partial charge is 0.258 e. The summed E-state index contributed by atoms with van der Waals surface area (Å²) in [6.45, 7) is -1.81. The maximum Gasteiger partial charge on any atom is 0.343 e. The van der Waals surface area contributed by atoms with E-state index in [9.17, 15) is 32.1 Å². The minimum atomic E-state index is -2.28. The van der Waals surface area contributed by atoms with E-state index >= 15 is 0 Å². The average molecular weight is 227 g/mol. The third-order valence-corrected chi connectivity index (χ3v) is 1.65. The number of alkyl halides is 1. The zero-order chi connectivity index (χ0) is 11.7. The summed E-state index contributed by atoms with van der Waals surface area (Å²) in [6, 6.07) is 0. The van der Waals surface area contributed by atoms with Crippen LogP contribution in [0.1, 0.15) is 5.56 Å². The molecule has 0 aromatic heterocycles. The Bertz CT molecular complexity index is 434. The quantitative estimate of drug-likeness (QED) is 0.256. The number of hydrogen-bond donors (Lipinski definition) is 0. The van der Waals surface area contributed by atoms with E-state index < -0.39 is 46.1 Å². The van der Waals surface area contributed by atoms with Gasteiger partial charge in [-0.15, -0.1) is 0 Å². The van der Waals surface area contributed by atoms with Crippen LogP contribution in [0.25, 0.3) is 0 Å². The van der Waals surface area contributed by atoms with Crippen molar-refractivity contribution >= 4 is 5.69 Å². The fourth-order valence-electron chi connectivity index (χ4n) is 0.946. The molecule has 0 amide bonds. The van der Waals surface area contributed by atoms with Crippen molar-refractivity contribution in [2.75, 3.05) is 0 Å². The molecule has 0 unspecified atom stereocenters. The fraction of sp³-hybridized carbons (Fsp3) is 0.143. The van der Waals surface area contributed by atoms with Crippen LogP contribution in [0, 0.1) is 33.4 Å². The van der Waals surface area contributed by atoms with Crippen molar-refractivity contribution in [3.63, 3.8) is 0 Å². The summed E-state index contributed by atoms with van der Waals surface area (Å²) in [7, 11) is 0. The van der Waals surface area contributed by atoms with Crippen LogP contribution in [-0.4, -0.2) is 4.92 Å². The van der Waals surface area contributed by atoms with Gasteiger partial charge >= 0.3 is 5.69 Å². The van der Waals surface area contributed by atoms with Crippen molar-refractivity contribution in [2.45, 2.75) is 6.67 Å². The van der Waals surface area contributed by atoms with Gasteiger partial charge in [-0.1, -0.05) is 0 Å². The van der Waals surface area contributed by atoms with Crippen LogP contribution in [0.4, 0.5) is 27.6 Å². The zero-order valence-electron chi connectivity index (χ0n) is 6.86. The molecule has 3 nitrogen and oxygen atoms in total. The van der Waals surface area contributed by atoms with E-state index in [2.05, 4.69) is 0 Å². The van der Waals surface area contributed by atoms with E-state index in [1.165, 1.54) is 0 Å². The van der Waals surface area contributed by atoms with Crippen LogP contribution in [-0.2, 0) is 6.67 Å². The topological polar surface area (TPSA) is 43.1 Å². The maximum atomic E-state index is 12.9. The van der Waals surface area contributed by atoms with Gasteiger partial charge in [-0.25, -0.2) is 13.2 Å². The molecule has 0 aliphatic heterocycles. The minimum absolute atomic E-state index is 1.50. The van der Waals surface area contributed by atoms with Gasteiger partial charge in [-0.3, -0.25) is 10.1 Å². The third kappa shape index (κ3) is 1.62. The Kier molecular flexibility index (Phi) is 2.87. The summed E-state index contributed by atoms with van der Waals surface area (Å²) in [5.74, 6) is -8.69. The van der Waals surface area contributed by atoms with Crippen molar-refractivity contribution in [1.29, 1.82) is 0 Å². The Morgan fingerprint density at radius 2 is 1.53 bits per heavy atom. The molecule has 0 bridgehead atoms. The highest BCUT2D eigenvalue weighted by molar-refractivity contribution is 5.40. The summed E-state index contributed by atoms with van der Waals surface area (Å²) in [6.07, 6.45) is 0. The van der Waals surface area contributed by atoms with Crippen molar-refractivity contribution < 1.29 is 26.9 Å². The van der Waals surface area contributed by atoms with Crippen molar-refractivity contribution in [2.24, 2.45) is 0 Å². The lowest BCUT2D eigenvalue weighted by molar-refractivity contribution is -0.390. The minimum Gasteiger partial charge on any atom is -0.258 e. The standard InChI is InChI=1S/C7H2F5NO2/c8-1-2-3(9)5(11)6(12)7(4(2)10)13(14)15/h1H2. The van der Waals surface area contributed by atoms with E-state index in [1.54, 1.807) is 0 Å². The molecule has 8 heteroatoms. The number of benzene rings is 1. The molecule has 0 heterocycles. The Balaban J connectivity index is 3.68. The first-order valence-electron chi connectivity index (χ1n) is 3.47. The first-order valence-corrected chi connectivity index (χ1v) is 3.47. The largest absolute Gasteiger partial charge is 0.343 e. The Morgan fingerprint density at radius 3 is 1.93 bits per heavy atom. The van der Waals surface area contributed by atoms with E-state index in [1.807, 2.05) is 0 Å². The van der Waals surface area contributed by atoms with Crippen molar-refractivity contribution in [3.05, 3.63) is 38.9 Å². The second kappa shape index (κ2) is 3.79. The zero-order valence-corrected chi connectivity index (χ0v) is 6.86. The summed E-state index contributed by atoms with van der Waals surface area (Å²) in [5, 5.41) is 10.1. The lowest BCUT2D eigenvalue weighted by Crippen LogP contribution is -2.07. The van der Waals surface area contributed by atoms with E-state index in [-0.39, 0.29) is 0 Å². The first kappa shape index (κ1) is 11.3. The second-order valence-electron chi connectivity index (χ2n) is 2.47. The molecule has 15 heavy (non-hydrogen) atoms. The molecule has 82 valence electrons. The molecule has 1 aromatic carbocycles. The van der Waals surface area contributed by atoms with E-state index in [0.717, 1.165) is 0 Å². The predicted octanol–water partition coefficient (Wildman–Crippen LogP) is 2.62. The highest BCUT2D eigenvalue weighted by Crippen LogP contribution is 2.30. The van der Waals surface area contributed by atoms with Gasteiger partial charge in [0.1, 0.15) is 6.67 Å². The molecule has 0 saturated carbocycles. The van der Waals surface area contributed by atoms with Crippen molar-refractivity contribution in [1.82, 2.24) is 0 Å². The van der Waals surface area contributed by atoms with Gasteiger partial charge < -0.3 is 0 Å². The van der Waals surface area contributed by atoms with Gasteiger partial charge in [-0.05, 0) is 0 Å². The van der Waals surface area contributed by atoms with Crippen LogP contribution >= 0.6 is 0 Å². The van der Waals surface area contributed by atoms with E-state index in [0.29, 0.717) is 0 Å². The molecular formula is C7H2F5NO2. The number of nitrogens with zero attached hydrogens (tertiary/aromatic N) is 1. The first-order chi connectivity index (χ1) is 6.91. The molecule has 0 fully saturated rings. The lowest BCUT2D eigenvalue weighted by Gasteiger charge is -2.03. The highest BCUT2D eigenvalue weighted by atomic mass is 19.2. The van der Waals surface area contributed by atoms with Crippen LogP contribution in [0.5, 0.6) is 0 Å². The molecule has 0 spiro atoms. The third-order valence-electron chi connectivity index (χ3n) is 1.65. The number of nitro benzene ring substituents is 1. The number of nitro groups is 1. The Hall–Kier alpha value is -1.73. The monoisotopic (exact) mass is 227 g/mol. The number of hydrogen-bond acceptors (Lipinski definition) is 2. The summed E-state index contributed by atoms with van der Waals surface area (Å²) in [5.41, 5.74) is -3.40. The molecule has 0 radical (unpaired) electrons. The lowest BCUT2D eigenvalue weighted by atomic mass is 10.1. The fourth-order valence-corrected chi connectivity index (χ4v) is 0.946. The summed E-state index contributed by atoms with van der Waals surface area (Å²) >= 11 is 0. The molecule has 0 saturated heterocycles. The van der Waals surface area contributed by atoms with Crippen LogP contribution in [0.3, 0.4) is 0 Å². The molecule has 0 aliphatic rings. The number of rotatable bonds is 2. The van der Waals surface area contributed by atoms with E-state index in [4.69, 9.17) is 0 Å². The Morgan fingerprint density at radius 1 is 1.00 bits per heavy atom. The van der Waals surface area contributed by atoms with Gasteiger partial charge in [-0.2, -0.15) is 8.78 Å². The van der Waals surface area contributed by atoms with Gasteiger partial charge in [0.25, 0.3) is 0 Å². The molecule has 0 aliphatic carbocycles. The van der Waals surface area contributed by atoms with Crippen LogP contribution in [0.15, 0.2) is 0 Å². The second-order valence-corrected chi connectivity index (χ2v) is 2.47. The predicted molar refractivity (Wildman–Crippen MR) is 37.7 cm³/mol. The van der Waals surface area contributed by atoms with Gasteiger partial charge in [0, 0.05) is 0 Å². The van der Waals surface area contributed by atoms with Crippen molar-refractivity contribution in [3.8, 4) is 0 Å². The van der Waals surface area contributed by atoms with Gasteiger partial charge in [0.05, 0.1) is 10.5 Å².